The molecule has 98 valence electrons. The third-order valence-corrected chi connectivity index (χ3v) is 2.85. The molecule has 1 N–H and O–H groups in total. The third-order valence-electron chi connectivity index (χ3n) is 2.85. The molecular weight excluding hydrogens is 224 g/mol. The van der Waals surface area contributed by atoms with E-state index in [1.165, 1.54) is 0 Å². The number of aliphatic hydroxyl groups excluding tert-OH is 1. The lowest BCUT2D eigenvalue weighted by Crippen LogP contribution is -2.18. The number of ketones is 1. The van der Waals surface area contributed by atoms with Crippen LogP contribution in [0.2, 0.25) is 0 Å². The zero-order valence-corrected chi connectivity index (χ0v) is 11.4. The SMILES string of the molecule is CC(C)(C)C(=O)C/C=C/CC(O)c1ccccc1. The van der Waals surface area contributed by atoms with Crippen LogP contribution in [0, 0.1) is 5.41 Å². The average molecular weight is 246 g/mol. The number of aliphatic hydroxyl groups is 1. The van der Waals surface area contributed by atoms with E-state index >= 15 is 0 Å². The van der Waals surface area contributed by atoms with Crippen LogP contribution in [-0.2, 0) is 4.79 Å². The highest BCUT2D eigenvalue weighted by molar-refractivity contribution is 5.84. The highest BCUT2D eigenvalue weighted by atomic mass is 16.3. The predicted molar refractivity (Wildman–Crippen MR) is 74.2 cm³/mol. The van der Waals surface area contributed by atoms with E-state index in [2.05, 4.69) is 0 Å². The van der Waals surface area contributed by atoms with Crippen molar-refractivity contribution in [3.63, 3.8) is 0 Å². The van der Waals surface area contributed by atoms with Crippen molar-refractivity contribution in [3.8, 4) is 0 Å². The highest BCUT2D eigenvalue weighted by Crippen LogP contribution is 2.18. The first-order chi connectivity index (χ1) is 8.41. The van der Waals surface area contributed by atoms with Gasteiger partial charge >= 0.3 is 0 Å². The lowest BCUT2D eigenvalue weighted by Gasteiger charge is -2.14. The van der Waals surface area contributed by atoms with Gasteiger partial charge in [-0.3, -0.25) is 4.79 Å². The number of rotatable bonds is 5. The van der Waals surface area contributed by atoms with Crippen molar-refractivity contribution >= 4 is 5.78 Å². The molecule has 0 aliphatic carbocycles. The molecule has 0 heterocycles. The summed E-state index contributed by atoms with van der Waals surface area (Å²) in [6, 6.07) is 9.54. The Labute approximate surface area is 109 Å². The fraction of sp³-hybridized carbons (Fsp3) is 0.438. The van der Waals surface area contributed by atoms with Gasteiger partial charge < -0.3 is 5.11 Å². The van der Waals surface area contributed by atoms with Crippen molar-refractivity contribution in [2.45, 2.75) is 39.7 Å². The van der Waals surface area contributed by atoms with E-state index in [1.54, 1.807) is 0 Å². The smallest absolute Gasteiger partial charge is 0.141 e. The van der Waals surface area contributed by atoms with Crippen LogP contribution in [0.25, 0.3) is 0 Å². The third kappa shape index (κ3) is 4.84. The normalized spacial score (nSPS) is 13.8. The van der Waals surface area contributed by atoms with Gasteiger partial charge in [0.1, 0.15) is 5.78 Å². The van der Waals surface area contributed by atoms with Crippen molar-refractivity contribution in [1.82, 2.24) is 0 Å². The molecule has 1 aromatic rings. The monoisotopic (exact) mass is 246 g/mol. The molecule has 1 unspecified atom stereocenters. The maximum atomic E-state index is 11.7. The van der Waals surface area contributed by atoms with Crippen LogP contribution < -0.4 is 0 Å². The van der Waals surface area contributed by atoms with Crippen LogP contribution in [0.1, 0.15) is 45.3 Å². The number of Topliss-reactive ketones (excluding diaryl/α,β-unsaturated/α-hetero) is 1. The largest absolute Gasteiger partial charge is 0.388 e. The van der Waals surface area contributed by atoms with E-state index in [0.717, 1.165) is 5.56 Å². The average Bonchev–Trinajstić information content (AvgIpc) is 2.34. The van der Waals surface area contributed by atoms with E-state index in [4.69, 9.17) is 0 Å². The van der Waals surface area contributed by atoms with Gasteiger partial charge in [0.15, 0.2) is 0 Å². The van der Waals surface area contributed by atoms with E-state index < -0.39 is 6.10 Å². The van der Waals surface area contributed by atoms with Crippen molar-refractivity contribution in [1.29, 1.82) is 0 Å². The van der Waals surface area contributed by atoms with Crippen LogP contribution in [0.4, 0.5) is 0 Å². The van der Waals surface area contributed by atoms with Gasteiger partial charge in [0.25, 0.3) is 0 Å². The molecule has 18 heavy (non-hydrogen) atoms. The summed E-state index contributed by atoms with van der Waals surface area (Å²) in [5.74, 6) is 0.216. The summed E-state index contributed by atoms with van der Waals surface area (Å²) in [6.45, 7) is 5.76. The molecular formula is C16H22O2. The van der Waals surface area contributed by atoms with E-state index in [9.17, 15) is 9.90 Å². The molecule has 0 aliphatic heterocycles. The second kappa shape index (κ2) is 6.50. The number of carbonyl (C=O) groups is 1. The first-order valence-corrected chi connectivity index (χ1v) is 6.32. The molecule has 0 bridgehead atoms. The van der Waals surface area contributed by atoms with Crippen LogP contribution in [-0.4, -0.2) is 10.9 Å². The Hall–Kier alpha value is -1.41. The molecule has 2 nitrogen and oxygen atoms in total. The van der Waals surface area contributed by atoms with Crippen molar-refractivity contribution in [2.75, 3.05) is 0 Å². The first-order valence-electron chi connectivity index (χ1n) is 6.32. The molecule has 0 fully saturated rings. The molecule has 0 saturated heterocycles. The van der Waals surface area contributed by atoms with E-state index in [-0.39, 0.29) is 11.2 Å². The number of hydrogen-bond acceptors (Lipinski definition) is 2. The van der Waals surface area contributed by atoms with Gasteiger partial charge in [0, 0.05) is 11.8 Å². The maximum Gasteiger partial charge on any atom is 0.141 e. The van der Waals surface area contributed by atoms with Crippen molar-refractivity contribution in [2.24, 2.45) is 5.41 Å². The zero-order chi connectivity index (χ0) is 13.6. The number of hydrogen-bond donors (Lipinski definition) is 1. The Kier molecular flexibility index (Phi) is 5.29. The molecule has 0 aliphatic rings. The number of carbonyl (C=O) groups excluding carboxylic acids is 1. The lowest BCUT2D eigenvalue weighted by atomic mass is 9.89. The summed E-state index contributed by atoms with van der Waals surface area (Å²) in [5, 5.41) is 9.91. The Morgan fingerprint density at radius 2 is 1.83 bits per heavy atom. The number of benzene rings is 1. The molecule has 1 aromatic carbocycles. The van der Waals surface area contributed by atoms with Gasteiger partial charge in [-0.2, -0.15) is 0 Å². The summed E-state index contributed by atoms with van der Waals surface area (Å²) in [7, 11) is 0. The van der Waals surface area contributed by atoms with E-state index in [0.29, 0.717) is 12.8 Å². The second-order valence-corrected chi connectivity index (χ2v) is 5.51. The van der Waals surface area contributed by atoms with Gasteiger partial charge in [0.05, 0.1) is 6.10 Å². The van der Waals surface area contributed by atoms with Gasteiger partial charge in [0.2, 0.25) is 0 Å². The van der Waals surface area contributed by atoms with Gasteiger partial charge in [-0.15, -0.1) is 0 Å². The van der Waals surface area contributed by atoms with E-state index in [1.807, 2.05) is 63.3 Å². The molecule has 2 heteroatoms. The second-order valence-electron chi connectivity index (χ2n) is 5.51. The van der Waals surface area contributed by atoms with Crippen molar-refractivity contribution < 1.29 is 9.90 Å². The zero-order valence-electron chi connectivity index (χ0n) is 11.4. The van der Waals surface area contributed by atoms with Crippen LogP contribution >= 0.6 is 0 Å². The summed E-state index contributed by atoms with van der Waals surface area (Å²) in [4.78, 5) is 11.7. The Morgan fingerprint density at radius 1 is 1.22 bits per heavy atom. The van der Waals surface area contributed by atoms with Crippen molar-refractivity contribution in [3.05, 3.63) is 48.0 Å². The minimum Gasteiger partial charge on any atom is -0.388 e. The molecule has 0 aromatic heterocycles. The molecule has 1 rings (SSSR count). The van der Waals surface area contributed by atoms with Gasteiger partial charge in [-0.1, -0.05) is 63.3 Å². The van der Waals surface area contributed by atoms with Gasteiger partial charge in [-0.25, -0.2) is 0 Å². The van der Waals surface area contributed by atoms with Crippen LogP contribution in [0.3, 0.4) is 0 Å². The Balaban J connectivity index is 2.40. The molecule has 0 spiro atoms. The maximum absolute atomic E-state index is 11.7. The quantitative estimate of drug-likeness (QED) is 0.805. The molecule has 0 radical (unpaired) electrons. The minimum absolute atomic E-state index is 0.216. The summed E-state index contributed by atoms with van der Waals surface area (Å²) in [6.07, 6.45) is 4.21. The van der Waals surface area contributed by atoms with Gasteiger partial charge in [-0.05, 0) is 12.0 Å². The highest BCUT2D eigenvalue weighted by Gasteiger charge is 2.19. The minimum atomic E-state index is -0.493. The summed E-state index contributed by atoms with van der Waals surface area (Å²) >= 11 is 0. The summed E-state index contributed by atoms with van der Waals surface area (Å²) in [5.41, 5.74) is 0.617. The Morgan fingerprint density at radius 3 is 2.39 bits per heavy atom. The lowest BCUT2D eigenvalue weighted by molar-refractivity contribution is -0.125. The van der Waals surface area contributed by atoms with Crippen LogP contribution in [0.5, 0.6) is 0 Å². The summed E-state index contributed by atoms with van der Waals surface area (Å²) < 4.78 is 0. The first kappa shape index (κ1) is 14.7. The van der Waals surface area contributed by atoms with Crippen LogP contribution in [0.15, 0.2) is 42.5 Å². The topological polar surface area (TPSA) is 37.3 Å². The molecule has 1 atom stereocenters. The molecule has 0 amide bonds. The Bertz CT molecular complexity index is 399. The number of allylic oxidation sites excluding steroid dienone is 1. The fourth-order valence-corrected chi connectivity index (χ4v) is 1.53. The molecule has 0 saturated carbocycles. The predicted octanol–water partition coefficient (Wildman–Crippen LogP) is 3.67. The standard InChI is InChI=1S/C16H22O2/c1-16(2,3)15(18)12-8-7-11-14(17)13-9-5-4-6-10-13/h4-10,14,17H,11-12H2,1-3H3/b8-7+. The fourth-order valence-electron chi connectivity index (χ4n) is 1.53.